The lowest BCUT2D eigenvalue weighted by molar-refractivity contribution is 0.247. The molecule has 1 aromatic rings. The van der Waals surface area contributed by atoms with E-state index in [1.54, 1.807) is 11.4 Å². The molecule has 1 heterocycles. The normalized spacial score (nSPS) is 22.0. The van der Waals surface area contributed by atoms with Crippen LogP contribution in [0.2, 0.25) is 0 Å². The predicted molar refractivity (Wildman–Crippen MR) is 83.7 cm³/mol. The first-order valence-electron chi connectivity index (χ1n) is 7.25. The Balaban J connectivity index is 1.96. The van der Waals surface area contributed by atoms with Gasteiger partial charge in [0.05, 0.1) is 13.4 Å². The van der Waals surface area contributed by atoms with Gasteiger partial charge in [-0.15, -0.1) is 0 Å². The number of nitrogens with zero attached hydrogens (tertiary/aromatic N) is 1. The fourth-order valence-corrected chi connectivity index (χ4v) is 3.81. The van der Waals surface area contributed by atoms with Crippen LogP contribution in [-0.4, -0.2) is 39.2 Å². The molecule has 1 aliphatic rings. The van der Waals surface area contributed by atoms with E-state index < -0.39 is 10.0 Å². The minimum Gasteiger partial charge on any atom is -0.497 e. The maximum Gasteiger partial charge on any atom is 0.211 e. The molecule has 21 heavy (non-hydrogen) atoms. The minimum atomic E-state index is -3.09. The zero-order valence-electron chi connectivity index (χ0n) is 12.7. The second-order valence-electron chi connectivity index (χ2n) is 5.74. The highest BCUT2D eigenvalue weighted by Crippen LogP contribution is 2.27. The number of hydrogen-bond donors (Lipinski definition) is 1. The molecule has 0 aliphatic carbocycles. The van der Waals surface area contributed by atoms with E-state index in [9.17, 15) is 8.42 Å². The molecule has 1 saturated heterocycles. The molecule has 2 N–H and O–H groups in total. The van der Waals surface area contributed by atoms with Crippen LogP contribution in [-0.2, 0) is 10.0 Å². The molecule has 1 fully saturated rings. The second-order valence-corrected chi connectivity index (χ2v) is 7.73. The van der Waals surface area contributed by atoms with Crippen LogP contribution in [0.4, 0.5) is 0 Å². The maximum absolute atomic E-state index is 11.6. The van der Waals surface area contributed by atoms with Gasteiger partial charge >= 0.3 is 0 Å². The second kappa shape index (κ2) is 6.77. The molecule has 0 aromatic heterocycles. The van der Waals surface area contributed by atoms with Crippen molar-refractivity contribution < 1.29 is 13.2 Å². The van der Waals surface area contributed by atoms with E-state index in [1.807, 2.05) is 24.3 Å². The van der Waals surface area contributed by atoms with Gasteiger partial charge in [-0.2, -0.15) is 0 Å². The highest BCUT2D eigenvalue weighted by molar-refractivity contribution is 7.88. The number of ether oxygens (including phenoxy) is 1. The minimum absolute atomic E-state index is 0.0691. The molecule has 0 spiro atoms. The van der Waals surface area contributed by atoms with Crippen LogP contribution in [0.15, 0.2) is 24.3 Å². The SMILES string of the molecule is COc1ccc(C(N)CC2CCCN(S(C)(=O)=O)C2)cc1. The Morgan fingerprint density at radius 2 is 2.05 bits per heavy atom. The first-order chi connectivity index (χ1) is 9.90. The smallest absolute Gasteiger partial charge is 0.211 e. The van der Waals surface area contributed by atoms with Crippen molar-refractivity contribution in [3.8, 4) is 5.75 Å². The Morgan fingerprint density at radius 3 is 2.62 bits per heavy atom. The Morgan fingerprint density at radius 1 is 1.38 bits per heavy atom. The number of rotatable bonds is 5. The predicted octanol–water partition coefficient (Wildman–Crippen LogP) is 1.76. The van der Waals surface area contributed by atoms with Gasteiger partial charge < -0.3 is 10.5 Å². The summed E-state index contributed by atoms with van der Waals surface area (Å²) in [4.78, 5) is 0. The summed E-state index contributed by atoms with van der Waals surface area (Å²) in [5.74, 6) is 1.14. The van der Waals surface area contributed by atoms with E-state index in [2.05, 4.69) is 0 Å². The standard InChI is InChI=1S/C15H24N2O3S/c1-20-14-7-5-13(6-8-14)15(16)10-12-4-3-9-17(11-12)21(2,18)19/h5-8,12,15H,3-4,9-11,16H2,1-2H3. The molecular formula is C15H24N2O3S. The molecule has 2 rings (SSSR count). The Labute approximate surface area is 127 Å². The fraction of sp³-hybridized carbons (Fsp3) is 0.600. The van der Waals surface area contributed by atoms with Gasteiger partial charge in [-0.3, -0.25) is 0 Å². The van der Waals surface area contributed by atoms with E-state index in [0.29, 0.717) is 19.0 Å². The van der Waals surface area contributed by atoms with Crippen molar-refractivity contribution in [2.24, 2.45) is 11.7 Å². The Kier molecular flexibility index (Phi) is 5.24. The van der Waals surface area contributed by atoms with Gasteiger partial charge in [-0.1, -0.05) is 12.1 Å². The summed E-state index contributed by atoms with van der Waals surface area (Å²) >= 11 is 0. The van der Waals surface area contributed by atoms with Crippen LogP contribution in [0.25, 0.3) is 0 Å². The molecule has 5 nitrogen and oxygen atoms in total. The largest absolute Gasteiger partial charge is 0.497 e. The third-order valence-electron chi connectivity index (χ3n) is 4.08. The van der Waals surface area contributed by atoms with E-state index in [4.69, 9.17) is 10.5 Å². The van der Waals surface area contributed by atoms with Gasteiger partial charge in [-0.25, -0.2) is 12.7 Å². The molecule has 2 unspecified atom stereocenters. The van der Waals surface area contributed by atoms with Gasteiger partial charge in [0.1, 0.15) is 5.75 Å². The fourth-order valence-electron chi connectivity index (χ4n) is 2.87. The van der Waals surface area contributed by atoms with Crippen molar-refractivity contribution in [1.82, 2.24) is 4.31 Å². The summed E-state index contributed by atoms with van der Waals surface area (Å²) < 4.78 is 30.0. The van der Waals surface area contributed by atoms with Crippen molar-refractivity contribution >= 4 is 10.0 Å². The van der Waals surface area contributed by atoms with Crippen LogP contribution in [0.5, 0.6) is 5.75 Å². The lowest BCUT2D eigenvalue weighted by Crippen LogP contribution is -2.40. The molecule has 1 aliphatic heterocycles. The molecule has 1 aromatic carbocycles. The molecule has 118 valence electrons. The summed E-state index contributed by atoms with van der Waals surface area (Å²) in [6.45, 7) is 1.22. The van der Waals surface area contributed by atoms with Gasteiger partial charge in [0, 0.05) is 19.1 Å². The Hall–Kier alpha value is -1.11. The maximum atomic E-state index is 11.6. The van der Waals surface area contributed by atoms with E-state index >= 15 is 0 Å². The molecule has 2 atom stereocenters. The average molecular weight is 312 g/mol. The summed E-state index contributed by atoms with van der Waals surface area (Å²) in [7, 11) is -1.46. The summed E-state index contributed by atoms with van der Waals surface area (Å²) in [6, 6.07) is 7.68. The topological polar surface area (TPSA) is 72.6 Å². The highest BCUT2D eigenvalue weighted by atomic mass is 32.2. The van der Waals surface area contributed by atoms with Gasteiger partial charge in [-0.05, 0) is 42.9 Å². The van der Waals surface area contributed by atoms with Crippen LogP contribution >= 0.6 is 0 Å². The van der Waals surface area contributed by atoms with Crippen LogP contribution in [0, 0.1) is 5.92 Å². The molecule has 0 radical (unpaired) electrons. The van der Waals surface area contributed by atoms with Crippen LogP contribution < -0.4 is 10.5 Å². The zero-order chi connectivity index (χ0) is 15.5. The molecule has 0 bridgehead atoms. The molecule has 6 heteroatoms. The monoisotopic (exact) mass is 312 g/mol. The van der Waals surface area contributed by atoms with Crippen molar-refractivity contribution in [2.75, 3.05) is 26.5 Å². The van der Waals surface area contributed by atoms with E-state index in [1.165, 1.54) is 6.26 Å². The Bertz CT molecular complexity index is 557. The van der Waals surface area contributed by atoms with Crippen molar-refractivity contribution in [3.05, 3.63) is 29.8 Å². The summed E-state index contributed by atoms with van der Waals surface area (Å²) in [5, 5.41) is 0. The first-order valence-corrected chi connectivity index (χ1v) is 9.09. The molecular weight excluding hydrogens is 288 g/mol. The van der Waals surface area contributed by atoms with Crippen molar-refractivity contribution in [2.45, 2.75) is 25.3 Å². The number of piperidine rings is 1. The van der Waals surface area contributed by atoms with Gasteiger partial charge in [0.15, 0.2) is 0 Å². The lowest BCUT2D eigenvalue weighted by atomic mass is 9.90. The first kappa shape index (κ1) is 16.3. The highest BCUT2D eigenvalue weighted by Gasteiger charge is 2.27. The number of methoxy groups -OCH3 is 1. The van der Waals surface area contributed by atoms with Crippen molar-refractivity contribution in [3.63, 3.8) is 0 Å². The average Bonchev–Trinajstić information content (AvgIpc) is 2.47. The number of nitrogens with two attached hydrogens (primary N) is 1. The van der Waals surface area contributed by atoms with E-state index in [-0.39, 0.29) is 6.04 Å². The third kappa shape index (κ3) is 4.43. The van der Waals surface area contributed by atoms with Gasteiger partial charge in [0.2, 0.25) is 10.0 Å². The summed E-state index contributed by atoms with van der Waals surface area (Å²) in [5.41, 5.74) is 7.33. The van der Waals surface area contributed by atoms with Gasteiger partial charge in [0.25, 0.3) is 0 Å². The van der Waals surface area contributed by atoms with Crippen LogP contribution in [0.1, 0.15) is 30.9 Å². The molecule has 0 amide bonds. The van der Waals surface area contributed by atoms with E-state index in [0.717, 1.165) is 30.6 Å². The number of benzene rings is 1. The zero-order valence-corrected chi connectivity index (χ0v) is 13.5. The lowest BCUT2D eigenvalue weighted by Gasteiger charge is -2.32. The quantitative estimate of drug-likeness (QED) is 0.899. The number of sulfonamides is 1. The van der Waals surface area contributed by atoms with Crippen LogP contribution in [0.3, 0.4) is 0 Å². The number of hydrogen-bond acceptors (Lipinski definition) is 4. The molecule has 0 saturated carbocycles. The summed E-state index contributed by atoms with van der Waals surface area (Å²) in [6.07, 6.45) is 4.03. The van der Waals surface area contributed by atoms with Crippen molar-refractivity contribution in [1.29, 1.82) is 0 Å². The third-order valence-corrected chi connectivity index (χ3v) is 5.35.